The minimum absolute atomic E-state index is 0.0881. The zero-order valence-electron chi connectivity index (χ0n) is 42.8. The number of unbranched alkanes of at least 4 members (excludes halogenated alkanes) is 6. The molecule has 8 rings (SSSR count). The highest BCUT2D eigenvalue weighted by Crippen LogP contribution is 2.69. The second-order valence-corrected chi connectivity index (χ2v) is 23.2. The largest absolute Gasteiger partial charge is 0.462 e. The summed E-state index contributed by atoms with van der Waals surface area (Å²) in [5.41, 5.74) is 4.04. The summed E-state index contributed by atoms with van der Waals surface area (Å²) >= 11 is 12.4. The number of carbonyl (C=O) groups is 2. The first-order chi connectivity index (χ1) is 33.8. The number of rotatable bonds is 24. The molecule has 2 heterocycles. The number of benzene rings is 2. The third-order valence-corrected chi connectivity index (χ3v) is 18.5. The molecule has 0 aliphatic heterocycles. The van der Waals surface area contributed by atoms with Crippen molar-refractivity contribution < 1.29 is 19.1 Å². The second-order valence-electron chi connectivity index (χ2n) is 22.3. The van der Waals surface area contributed by atoms with E-state index in [-0.39, 0.29) is 35.0 Å². The molecule has 70 heavy (non-hydrogen) atoms. The normalized spacial score (nSPS) is 28.7. The third kappa shape index (κ3) is 12.4. The molecular formula is C58H82Cl2N6O4. The fraction of sp³-hybridized carbons (Fsp3) is 0.655. The number of nitrogens with zero attached hydrogens (tertiary/aromatic N) is 2. The standard InChI is InChI=1S/C58H82Cl2N6O4/c1-38(15-14-27-61-26-10-6-7-12-29-63-50-23-31-65-52-35-42(59)16-18-45(50)52)47-20-21-48-56-49(37-55(58(47,48)5)70-40(3)68)57(4)25-22-44(33-41(57)34-54(56)69-39(2)67)62-28-11-8-9-13-30-64-51-24-32-66-53-36-43(60)17-19-46(51)53/h16-19,23-24,31-32,35-36,38,41,44,47-49,54-56,61-62H,6-15,20-22,25-30,33-34,37H2,1-5H3,(H,63,65)(H,64,66)/t38-,41+,44+,47-,48+,49+,54-,55+,56+,57+,58-/m1/s1. The smallest absolute Gasteiger partial charge is 0.302 e. The Kier molecular flexibility index (Phi) is 18.3. The van der Waals surface area contributed by atoms with E-state index in [4.69, 9.17) is 32.7 Å². The maximum atomic E-state index is 13.0. The Bertz CT molecular complexity index is 2370. The van der Waals surface area contributed by atoms with Gasteiger partial charge in [-0.3, -0.25) is 19.6 Å². The summed E-state index contributed by atoms with van der Waals surface area (Å²) in [6.07, 6.45) is 22.7. The maximum Gasteiger partial charge on any atom is 0.302 e. The lowest BCUT2D eigenvalue weighted by Crippen LogP contribution is -2.63. The van der Waals surface area contributed by atoms with Crippen molar-refractivity contribution >= 4 is 68.3 Å². The van der Waals surface area contributed by atoms with Crippen molar-refractivity contribution in [2.75, 3.05) is 43.4 Å². The van der Waals surface area contributed by atoms with Gasteiger partial charge < -0.3 is 30.7 Å². The number of aromatic nitrogens is 2. The number of esters is 2. The van der Waals surface area contributed by atoms with E-state index >= 15 is 0 Å². The van der Waals surface area contributed by atoms with Crippen LogP contribution in [0.15, 0.2) is 60.9 Å². The van der Waals surface area contributed by atoms with Gasteiger partial charge in [0, 0.05) is 88.9 Å². The predicted octanol–water partition coefficient (Wildman–Crippen LogP) is 13.4. The highest BCUT2D eigenvalue weighted by Gasteiger charge is 2.67. The molecule has 0 bridgehead atoms. The monoisotopic (exact) mass is 997 g/mol. The third-order valence-electron chi connectivity index (χ3n) is 18.0. The lowest BCUT2D eigenvalue weighted by Gasteiger charge is -2.64. The molecule has 4 aliphatic carbocycles. The lowest BCUT2D eigenvalue weighted by atomic mass is 9.43. The van der Waals surface area contributed by atoms with Crippen LogP contribution >= 0.6 is 23.2 Å². The Balaban J connectivity index is 0.776. The molecule has 0 radical (unpaired) electrons. The van der Waals surface area contributed by atoms with Gasteiger partial charge in [0.2, 0.25) is 0 Å². The van der Waals surface area contributed by atoms with Crippen LogP contribution in [0.2, 0.25) is 10.0 Å². The molecule has 0 saturated heterocycles. The molecule has 0 unspecified atom stereocenters. The summed E-state index contributed by atoms with van der Waals surface area (Å²) in [7, 11) is 0. The van der Waals surface area contributed by atoms with Crippen molar-refractivity contribution in [2.24, 2.45) is 46.3 Å². The highest BCUT2D eigenvalue weighted by atomic mass is 35.5. The molecule has 4 N–H and O–H groups in total. The average molecular weight is 998 g/mol. The van der Waals surface area contributed by atoms with Crippen LogP contribution in [0.3, 0.4) is 0 Å². The van der Waals surface area contributed by atoms with Gasteiger partial charge in [0.05, 0.1) is 11.0 Å². The summed E-state index contributed by atoms with van der Waals surface area (Å²) in [5.74, 6) is 2.11. The van der Waals surface area contributed by atoms with Gasteiger partial charge in [0.25, 0.3) is 0 Å². The van der Waals surface area contributed by atoms with Crippen molar-refractivity contribution in [3.8, 4) is 0 Å². The van der Waals surface area contributed by atoms with Crippen molar-refractivity contribution in [3.63, 3.8) is 0 Å². The predicted molar refractivity (Wildman–Crippen MR) is 288 cm³/mol. The van der Waals surface area contributed by atoms with Crippen LogP contribution in [0.5, 0.6) is 0 Å². The summed E-state index contributed by atoms with van der Waals surface area (Å²) in [6, 6.07) is 16.3. The van der Waals surface area contributed by atoms with E-state index in [9.17, 15) is 9.59 Å². The van der Waals surface area contributed by atoms with E-state index in [0.29, 0.717) is 51.6 Å². The molecule has 4 saturated carbocycles. The fourth-order valence-electron chi connectivity index (χ4n) is 14.5. The highest BCUT2D eigenvalue weighted by molar-refractivity contribution is 6.31. The molecule has 2 aromatic carbocycles. The van der Waals surface area contributed by atoms with E-state index in [1.807, 2.05) is 60.9 Å². The number of carbonyl (C=O) groups excluding carboxylic acids is 2. The van der Waals surface area contributed by atoms with Crippen LogP contribution in [0.1, 0.15) is 144 Å². The van der Waals surface area contributed by atoms with Gasteiger partial charge in [0.1, 0.15) is 12.2 Å². The van der Waals surface area contributed by atoms with Gasteiger partial charge in [0.15, 0.2) is 0 Å². The minimum atomic E-state index is -0.165. The van der Waals surface area contributed by atoms with Crippen molar-refractivity contribution in [3.05, 3.63) is 71.0 Å². The molecule has 382 valence electrons. The summed E-state index contributed by atoms with van der Waals surface area (Å²) in [5, 5.41) is 18.5. The van der Waals surface area contributed by atoms with Gasteiger partial charge >= 0.3 is 11.9 Å². The average Bonchev–Trinajstić information content (AvgIpc) is 3.69. The van der Waals surface area contributed by atoms with Gasteiger partial charge in [-0.05, 0) is 187 Å². The number of fused-ring (bicyclic) bond motifs is 7. The molecule has 4 fully saturated rings. The van der Waals surface area contributed by atoms with Gasteiger partial charge in [-0.25, -0.2) is 0 Å². The van der Waals surface area contributed by atoms with Crippen LogP contribution in [-0.2, 0) is 19.1 Å². The molecule has 12 heteroatoms. The Morgan fingerprint density at radius 2 is 1.27 bits per heavy atom. The molecule has 4 aliphatic rings. The van der Waals surface area contributed by atoms with Gasteiger partial charge in [-0.1, -0.05) is 69.7 Å². The first kappa shape index (κ1) is 52.6. The topological polar surface area (TPSA) is 126 Å². The maximum absolute atomic E-state index is 13.0. The summed E-state index contributed by atoms with van der Waals surface area (Å²) in [6.45, 7) is 15.6. The van der Waals surface area contributed by atoms with Crippen LogP contribution in [0.25, 0.3) is 21.8 Å². The van der Waals surface area contributed by atoms with E-state index in [1.165, 1.54) is 38.5 Å². The number of pyridine rings is 2. The van der Waals surface area contributed by atoms with Crippen molar-refractivity contribution in [1.29, 1.82) is 0 Å². The van der Waals surface area contributed by atoms with Crippen LogP contribution in [0.4, 0.5) is 11.4 Å². The Hall–Kier alpha value is -3.70. The molecule has 0 amide bonds. The van der Waals surface area contributed by atoms with Gasteiger partial charge in [-0.2, -0.15) is 0 Å². The van der Waals surface area contributed by atoms with E-state index in [1.54, 1.807) is 13.8 Å². The SMILES string of the molecule is CC(=O)O[C@H]1C[C@H]2[C@@H]([C@H](OC(C)=O)C[C@@H]3C[C@@H](NCCCCCCNc4ccnc5cc(Cl)ccc45)CC[C@@]32C)[C@@H]2CC[C@H]([C@H](C)CCCNCCCCCCNc3ccnc4cc(Cl)ccc34)[C@@]12C. The van der Waals surface area contributed by atoms with Crippen LogP contribution in [0, 0.1) is 46.3 Å². The Labute approximate surface area is 428 Å². The second kappa shape index (κ2) is 24.3. The first-order valence-corrected chi connectivity index (χ1v) is 28.0. The number of ether oxygens (including phenoxy) is 2. The zero-order chi connectivity index (χ0) is 49.3. The van der Waals surface area contributed by atoms with Crippen molar-refractivity contribution in [1.82, 2.24) is 20.6 Å². The molecule has 11 atom stereocenters. The lowest BCUT2D eigenvalue weighted by molar-refractivity contribution is -0.220. The van der Waals surface area contributed by atoms with Crippen LogP contribution in [-0.4, -0.2) is 72.9 Å². The van der Waals surface area contributed by atoms with E-state index in [2.05, 4.69) is 52.0 Å². The number of anilines is 2. The summed E-state index contributed by atoms with van der Waals surface area (Å²) in [4.78, 5) is 34.8. The zero-order valence-corrected chi connectivity index (χ0v) is 44.3. The molecule has 10 nitrogen and oxygen atoms in total. The molecule has 4 aromatic rings. The number of hydrogen-bond donors (Lipinski definition) is 4. The van der Waals surface area contributed by atoms with E-state index < -0.39 is 0 Å². The van der Waals surface area contributed by atoms with E-state index in [0.717, 1.165) is 137 Å². The number of nitrogens with one attached hydrogen (secondary N) is 4. The first-order valence-electron chi connectivity index (χ1n) is 27.2. The number of hydrogen-bond acceptors (Lipinski definition) is 10. The van der Waals surface area contributed by atoms with Crippen molar-refractivity contribution in [2.45, 2.75) is 162 Å². The van der Waals surface area contributed by atoms with Gasteiger partial charge in [-0.15, -0.1) is 0 Å². The number of halogens is 2. The summed E-state index contributed by atoms with van der Waals surface area (Å²) < 4.78 is 12.9. The quantitative estimate of drug-likeness (QED) is 0.0398. The minimum Gasteiger partial charge on any atom is -0.462 e. The molecule has 0 spiro atoms. The van der Waals surface area contributed by atoms with Crippen LogP contribution < -0.4 is 21.3 Å². The molecular weight excluding hydrogens is 916 g/mol. The molecule has 2 aromatic heterocycles. The Morgan fingerprint density at radius 3 is 1.89 bits per heavy atom. The fourth-order valence-corrected chi connectivity index (χ4v) is 14.8. The Morgan fingerprint density at radius 1 is 0.686 bits per heavy atom.